The zero-order valence-corrected chi connectivity index (χ0v) is 10.3. The van der Waals surface area contributed by atoms with Crippen molar-refractivity contribution in [2.24, 2.45) is 0 Å². The summed E-state index contributed by atoms with van der Waals surface area (Å²) in [6.07, 6.45) is 7.88. The highest BCUT2D eigenvalue weighted by molar-refractivity contribution is 8.00. The van der Waals surface area contributed by atoms with E-state index in [1.807, 2.05) is 0 Å². The molecule has 0 aromatic carbocycles. The molecule has 15 heavy (non-hydrogen) atoms. The molecule has 4 heteroatoms. The highest BCUT2D eigenvalue weighted by atomic mass is 32.2. The van der Waals surface area contributed by atoms with Crippen LogP contribution in [0.4, 0.5) is 0 Å². The second-order valence-corrected chi connectivity index (χ2v) is 5.12. The van der Waals surface area contributed by atoms with E-state index >= 15 is 0 Å². The monoisotopic (exact) mass is 228 g/mol. The third-order valence-corrected chi connectivity index (χ3v) is 3.40. The summed E-state index contributed by atoms with van der Waals surface area (Å²) in [4.78, 5) is 0. The van der Waals surface area contributed by atoms with Crippen molar-refractivity contribution in [3.63, 3.8) is 0 Å². The van der Waals surface area contributed by atoms with Gasteiger partial charge in [-0.05, 0) is 26.7 Å². The molecule has 0 bridgehead atoms. The zero-order chi connectivity index (χ0) is 11.1. The highest BCUT2D eigenvalue weighted by Gasteiger charge is 2.22. The minimum atomic E-state index is 0.324. The van der Waals surface area contributed by atoms with Crippen LogP contribution in [0.3, 0.4) is 0 Å². The molecule has 0 aromatic heterocycles. The molecule has 0 aromatic rings. The second kappa shape index (κ2) is 7.13. The van der Waals surface area contributed by atoms with E-state index in [4.69, 9.17) is 11.2 Å². The van der Waals surface area contributed by atoms with Gasteiger partial charge in [-0.25, -0.2) is 5.43 Å². The van der Waals surface area contributed by atoms with Gasteiger partial charge in [-0.3, -0.25) is 5.43 Å². The summed E-state index contributed by atoms with van der Waals surface area (Å²) >= 11 is 1.71. The first-order valence-corrected chi connectivity index (χ1v) is 6.46. The number of rotatable bonds is 6. The summed E-state index contributed by atoms with van der Waals surface area (Å²) in [6.45, 7) is 5.14. The van der Waals surface area contributed by atoms with E-state index in [9.17, 15) is 0 Å². The average molecular weight is 228 g/mol. The highest BCUT2D eigenvalue weighted by Crippen LogP contribution is 2.15. The van der Waals surface area contributed by atoms with E-state index in [2.05, 4.69) is 30.6 Å². The number of hydrogen-bond acceptors (Lipinski definition) is 4. The number of hydrogen-bond donors (Lipinski definition) is 2. The average Bonchev–Trinajstić information content (AvgIpc) is 2.76. The predicted octanol–water partition coefficient (Wildman–Crippen LogP) is 1.36. The maximum atomic E-state index is 5.59. The first-order chi connectivity index (χ1) is 7.24. The van der Waals surface area contributed by atoms with Crippen LogP contribution in [0.1, 0.15) is 26.7 Å². The van der Waals surface area contributed by atoms with Crippen molar-refractivity contribution in [2.45, 2.75) is 44.2 Å². The number of terminal acetylenes is 1. The van der Waals surface area contributed by atoms with E-state index in [0.29, 0.717) is 17.5 Å². The largest absolute Gasteiger partial charge is 0.377 e. The van der Waals surface area contributed by atoms with Crippen LogP contribution in [0.15, 0.2) is 0 Å². The Kier molecular flexibility index (Phi) is 6.11. The summed E-state index contributed by atoms with van der Waals surface area (Å²) in [6, 6.07) is 0.349. The molecular formula is C11H20N2OS. The summed E-state index contributed by atoms with van der Waals surface area (Å²) < 4.78 is 5.59. The van der Waals surface area contributed by atoms with Crippen molar-refractivity contribution in [1.82, 2.24) is 10.9 Å². The fraction of sp³-hybridized carbons (Fsp3) is 0.818. The van der Waals surface area contributed by atoms with Crippen LogP contribution in [0.5, 0.6) is 0 Å². The van der Waals surface area contributed by atoms with Crippen molar-refractivity contribution in [3.8, 4) is 12.3 Å². The fourth-order valence-electron chi connectivity index (χ4n) is 1.55. The number of hydrazine groups is 1. The predicted molar refractivity (Wildman–Crippen MR) is 65.5 cm³/mol. The Morgan fingerprint density at radius 2 is 2.33 bits per heavy atom. The second-order valence-electron chi connectivity index (χ2n) is 3.79. The SMILES string of the molecule is C#CCSC(C)NNC(C)C1CCCO1. The minimum absolute atomic E-state index is 0.324. The van der Waals surface area contributed by atoms with Gasteiger partial charge in [0.15, 0.2) is 0 Å². The van der Waals surface area contributed by atoms with Gasteiger partial charge < -0.3 is 4.74 Å². The standard InChI is InChI=1S/C11H20N2OS/c1-4-8-15-10(3)13-12-9(2)11-6-5-7-14-11/h1,9-13H,5-8H2,2-3H3. The van der Waals surface area contributed by atoms with Crippen molar-refractivity contribution < 1.29 is 4.74 Å². The lowest BCUT2D eigenvalue weighted by atomic mass is 10.1. The molecule has 0 radical (unpaired) electrons. The lowest BCUT2D eigenvalue weighted by molar-refractivity contribution is 0.0787. The zero-order valence-electron chi connectivity index (χ0n) is 9.45. The Morgan fingerprint density at radius 3 is 2.93 bits per heavy atom. The van der Waals surface area contributed by atoms with Gasteiger partial charge in [0.25, 0.3) is 0 Å². The van der Waals surface area contributed by atoms with Crippen molar-refractivity contribution >= 4 is 11.8 Å². The molecule has 2 N–H and O–H groups in total. The van der Waals surface area contributed by atoms with Gasteiger partial charge in [-0.2, -0.15) is 0 Å². The first-order valence-electron chi connectivity index (χ1n) is 5.41. The normalized spacial score (nSPS) is 24.7. The number of nitrogens with one attached hydrogen (secondary N) is 2. The van der Waals surface area contributed by atoms with E-state index in [1.165, 1.54) is 6.42 Å². The van der Waals surface area contributed by atoms with Crippen LogP contribution in [0, 0.1) is 12.3 Å². The van der Waals surface area contributed by atoms with Crippen LogP contribution < -0.4 is 10.9 Å². The van der Waals surface area contributed by atoms with Crippen molar-refractivity contribution in [1.29, 1.82) is 0 Å². The van der Waals surface area contributed by atoms with E-state index in [1.54, 1.807) is 11.8 Å². The Morgan fingerprint density at radius 1 is 1.53 bits per heavy atom. The molecule has 3 unspecified atom stereocenters. The summed E-state index contributed by atoms with van der Waals surface area (Å²) in [5, 5.41) is 0.324. The third kappa shape index (κ3) is 4.89. The van der Waals surface area contributed by atoms with E-state index in [-0.39, 0.29) is 0 Å². The van der Waals surface area contributed by atoms with Gasteiger partial charge in [-0.1, -0.05) is 5.92 Å². The fourth-order valence-corrected chi connectivity index (χ4v) is 2.05. The molecule has 86 valence electrons. The summed E-state index contributed by atoms with van der Waals surface area (Å²) in [5.41, 5.74) is 6.50. The number of thioether (sulfide) groups is 1. The molecular weight excluding hydrogens is 208 g/mol. The van der Waals surface area contributed by atoms with Gasteiger partial charge in [0.05, 0.1) is 17.2 Å². The molecule has 0 saturated carbocycles. The van der Waals surface area contributed by atoms with E-state index < -0.39 is 0 Å². The molecule has 0 aliphatic carbocycles. The topological polar surface area (TPSA) is 33.3 Å². The van der Waals surface area contributed by atoms with Gasteiger partial charge in [0.2, 0.25) is 0 Å². The molecule has 1 aliphatic heterocycles. The van der Waals surface area contributed by atoms with Crippen molar-refractivity contribution in [2.75, 3.05) is 12.4 Å². The van der Waals surface area contributed by atoms with E-state index in [0.717, 1.165) is 18.8 Å². The van der Waals surface area contributed by atoms with Crippen LogP contribution in [-0.2, 0) is 4.74 Å². The van der Waals surface area contributed by atoms with Gasteiger partial charge in [-0.15, -0.1) is 18.2 Å². The van der Waals surface area contributed by atoms with Crippen LogP contribution in [-0.4, -0.2) is 29.9 Å². The molecule has 1 rings (SSSR count). The first kappa shape index (κ1) is 12.9. The summed E-state index contributed by atoms with van der Waals surface area (Å²) in [7, 11) is 0. The van der Waals surface area contributed by atoms with Crippen LogP contribution in [0.25, 0.3) is 0 Å². The Balaban J connectivity index is 2.10. The third-order valence-electron chi connectivity index (χ3n) is 2.45. The quantitative estimate of drug-likeness (QED) is 0.408. The lowest BCUT2D eigenvalue weighted by Crippen LogP contribution is -2.48. The molecule has 1 fully saturated rings. The molecule has 3 atom stereocenters. The minimum Gasteiger partial charge on any atom is -0.377 e. The summed E-state index contributed by atoms with van der Waals surface area (Å²) in [5.74, 6) is 3.35. The lowest BCUT2D eigenvalue weighted by Gasteiger charge is -2.22. The maximum Gasteiger partial charge on any atom is 0.0739 e. The van der Waals surface area contributed by atoms with Crippen molar-refractivity contribution in [3.05, 3.63) is 0 Å². The maximum absolute atomic E-state index is 5.59. The Bertz CT molecular complexity index is 211. The van der Waals surface area contributed by atoms with Crippen LogP contribution in [0.2, 0.25) is 0 Å². The Hall–Kier alpha value is -0.210. The van der Waals surface area contributed by atoms with Gasteiger partial charge >= 0.3 is 0 Å². The molecule has 3 nitrogen and oxygen atoms in total. The number of ether oxygens (including phenoxy) is 1. The van der Waals surface area contributed by atoms with Gasteiger partial charge in [0.1, 0.15) is 0 Å². The molecule has 1 saturated heterocycles. The molecule has 1 aliphatic rings. The molecule has 1 heterocycles. The molecule has 0 amide bonds. The molecule has 0 spiro atoms. The van der Waals surface area contributed by atoms with Crippen LogP contribution >= 0.6 is 11.8 Å². The smallest absolute Gasteiger partial charge is 0.0739 e. The van der Waals surface area contributed by atoms with Gasteiger partial charge in [0, 0.05) is 12.6 Å². The Labute approximate surface area is 96.7 Å².